The molecule has 4 N–H and O–H groups in total. The first-order chi connectivity index (χ1) is 9.76. The van der Waals surface area contributed by atoms with Gasteiger partial charge in [0.25, 0.3) is 5.91 Å². The van der Waals surface area contributed by atoms with Crippen molar-refractivity contribution in [3.63, 3.8) is 0 Å². The lowest BCUT2D eigenvalue weighted by molar-refractivity contribution is 0.102. The second-order valence-corrected chi connectivity index (χ2v) is 4.95. The van der Waals surface area contributed by atoms with Crippen LogP contribution in [-0.2, 0) is 0 Å². The van der Waals surface area contributed by atoms with Gasteiger partial charge in [0.15, 0.2) is 0 Å². The van der Waals surface area contributed by atoms with Crippen LogP contribution < -0.4 is 16.6 Å². The van der Waals surface area contributed by atoms with Crippen LogP contribution in [-0.4, -0.2) is 15.9 Å². The molecule has 0 radical (unpaired) electrons. The predicted octanol–water partition coefficient (Wildman–Crippen LogP) is 2.23. The Kier molecular flexibility index (Phi) is 3.28. The number of nitrogen functional groups attached to an aromatic ring is 1. The topological polar surface area (TPSA) is 92.9 Å². The number of carbonyl (C=O) groups is 1. The molecule has 2 aromatic heterocycles. The molecule has 0 aliphatic rings. The minimum atomic E-state index is -0.215. The number of rotatable bonds is 3. The van der Waals surface area contributed by atoms with E-state index in [9.17, 15) is 4.79 Å². The van der Waals surface area contributed by atoms with Gasteiger partial charge in [-0.25, -0.2) is 15.8 Å². The zero-order valence-electron chi connectivity index (χ0n) is 10.3. The lowest BCUT2D eigenvalue weighted by Gasteiger charge is -2.06. The molecular formula is C13H11N5OS. The quantitative estimate of drug-likeness (QED) is 0.507. The largest absolute Gasteiger partial charge is 0.322 e. The lowest BCUT2D eigenvalue weighted by Crippen LogP contribution is -2.14. The number of amides is 1. The Balaban J connectivity index is 1.83. The summed E-state index contributed by atoms with van der Waals surface area (Å²) in [7, 11) is 0. The Morgan fingerprint density at radius 3 is 2.95 bits per heavy atom. The molecule has 0 aliphatic heterocycles. The molecule has 20 heavy (non-hydrogen) atoms. The van der Waals surface area contributed by atoms with E-state index in [0.29, 0.717) is 11.4 Å². The van der Waals surface area contributed by atoms with Gasteiger partial charge in [0.05, 0.1) is 15.7 Å². The van der Waals surface area contributed by atoms with Gasteiger partial charge in [0.2, 0.25) is 0 Å². The van der Waals surface area contributed by atoms with Crippen molar-refractivity contribution in [2.24, 2.45) is 5.84 Å². The minimum absolute atomic E-state index is 0.215. The molecule has 0 atom stereocenters. The average molecular weight is 285 g/mol. The monoisotopic (exact) mass is 285 g/mol. The fourth-order valence-corrected chi connectivity index (χ4v) is 2.50. The maximum Gasteiger partial charge on any atom is 0.255 e. The molecule has 100 valence electrons. The Morgan fingerprint density at radius 1 is 1.20 bits per heavy atom. The summed E-state index contributed by atoms with van der Waals surface area (Å²) in [5.74, 6) is 5.50. The van der Waals surface area contributed by atoms with Gasteiger partial charge < -0.3 is 10.7 Å². The van der Waals surface area contributed by atoms with Crippen molar-refractivity contribution in [3.8, 4) is 0 Å². The fourth-order valence-electron chi connectivity index (χ4n) is 1.79. The van der Waals surface area contributed by atoms with Gasteiger partial charge in [-0.1, -0.05) is 0 Å². The highest BCUT2D eigenvalue weighted by atomic mass is 32.1. The summed E-state index contributed by atoms with van der Waals surface area (Å²) in [6, 6.07) is 8.81. The number of nitrogens with one attached hydrogen (secondary N) is 2. The van der Waals surface area contributed by atoms with Crippen LogP contribution in [0.5, 0.6) is 0 Å². The number of pyridine rings is 1. The van der Waals surface area contributed by atoms with Gasteiger partial charge in [0.1, 0.15) is 5.82 Å². The van der Waals surface area contributed by atoms with Gasteiger partial charge in [-0.15, -0.1) is 11.3 Å². The fraction of sp³-hybridized carbons (Fsp3) is 0. The van der Waals surface area contributed by atoms with Gasteiger partial charge in [-0.05, 0) is 30.3 Å². The third-order valence-corrected chi connectivity index (χ3v) is 3.55. The molecular weight excluding hydrogens is 274 g/mol. The number of nitrogens with two attached hydrogens (primary N) is 1. The van der Waals surface area contributed by atoms with Crippen LogP contribution in [0.1, 0.15) is 10.4 Å². The number of hydrogen-bond acceptors (Lipinski definition) is 6. The Labute approximate surface area is 118 Å². The summed E-state index contributed by atoms with van der Waals surface area (Å²) in [6.45, 7) is 0. The highest BCUT2D eigenvalue weighted by Crippen LogP contribution is 2.22. The average Bonchev–Trinajstić information content (AvgIpc) is 2.95. The normalized spacial score (nSPS) is 10.4. The van der Waals surface area contributed by atoms with Crippen molar-refractivity contribution < 1.29 is 4.79 Å². The maximum absolute atomic E-state index is 12.1. The van der Waals surface area contributed by atoms with Crippen LogP contribution in [0.25, 0.3) is 10.2 Å². The highest BCUT2D eigenvalue weighted by molar-refractivity contribution is 7.16. The molecule has 0 saturated carbocycles. The first kappa shape index (κ1) is 12.5. The Morgan fingerprint density at radius 2 is 2.10 bits per heavy atom. The van der Waals surface area contributed by atoms with E-state index < -0.39 is 0 Å². The first-order valence-electron chi connectivity index (χ1n) is 5.83. The number of carbonyl (C=O) groups excluding carboxylic acids is 1. The summed E-state index contributed by atoms with van der Waals surface area (Å²) >= 11 is 1.53. The summed E-state index contributed by atoms with van der Waals surface area (Å²) in [5, 5.41) is 2.84. The molecule has 2 heterocycles. The number of aromatic nitrogens is 2. The van der Waals surface area contributed by atoms with E-state index in [-0.39, 0.29) is 5.91 Å². The van der Waals surface area contributed by atoms with Gasteiger partial charge in [-0.2, -0.15) is 0 Å². The number of fused-ring (bicyclic) bond motifs is 1. The van der Waals surface area contributed by atoms with Crippen LogP contribution in [0.4, 0.5) is 11.5 Å². The van der Waals surface area contributed by atoms with Crippen molar-refractivity contribution in [3.05, 3.63) is 47.6 Å². The van der Waals surface area contributed by atoms with E-state index in [1.165, 1.54) is 17.5 Å². The number of hydrazine groups is 1. The van der Waals surface area contributed by atoms with E-state index in [4.69, 9.17) is 5.84 Å². The SMILES string of the molecule is NNc1cc(C(=O)Nc2ccc3ncsc3c2)ccn1. The van der Waals surface area contributed by atoms with Gasteiger partial charge >= 0.3 is 0 Å². The number of hydrogen-bond donors (Lipinski definition) is 3. The van der Waals surface area contributed by atoms with Crippen molar-refractivity contribution in [1.29, 1.82) is 0 Å². The van der Waals surface area contributed by atoms with Crippen LogP contribution in [0.15, 0.2) is 42.0 Å². The van der Waals surface area contributed by atoms with E-state index >= 15 is 0 Å². The summed E-state index contributed by atoms with van der Waals surface area (Å²) in [4.78, 5) is 20.3. The first-order valence-corrected chi connectivity index (χ1v) is 6.71. The third kappa shape index (κ3) is 2.44. The Bertz CT molecular complexity index is 770. The number of benzene rings is 1. The van der Waals surface area contributed by atoms with E-state index in [0.717, 1.165) is 15.9 Å². The number of anilines is 2. The van der Waals surface area contributed by atoms with E-state index in [1.54, 1.807) is 17.6 Å². The van der Waals surface area contributed by atoms with Crippen LogP contribution in [0.2, 0.25) is 0 Å². The lowest BCUT2D eigenvalue weighted by atomic mass is 10.2. The number of nitrogens with zero attached hydrogens (tertiary/aromatic N) is 2. The minimum Gasteiger partial charge on any atom is -0.322 e. The molecule has 3 rings (SSSR count). The van der Waals surface area contributed by atoms with Crippen molar-refractivity contribution in [2.75, 3.05) is 10.7 Å². The molecule has 0 bridgehead atoms. The molecule has 0 aliphatic carbocycles. The predicted molar refractivity (Wildman–Crippen MR) is 79.6 cm³/mol. The molecule has 0 spiro atoms. The number of thiazole rings is 1. The summed E-state index contributed by atoms with van der Waals surface area (Å²) in [5.41, 5.74) is 6.32. The molecule has 1 amide bonds. The van der Waals surface area contributed by atoms with Crippen molar-refractivity contribution >= 4 is 39.0 Å². The second kappa shape index (κ2) is 5.24. The third-order valence-electron chi connectivity index (χ3n) is 2.76. The highest BCUT2D eigenvalue weighted by Gasteiger charge is 2.08. The smallest absolute Gasteiger partial charge is 0.255 e. The summed E-state index contributed by atoms with van der Waals surface area (Å²) in [6.07, 6.45) is 1.52. The zero-order valence-corrected chi connectivity index (χ0v) is 11.1. The Hall–Kier alpha value is -2.51. The molecule has 0 fully saturated rings. The second-order valence-electron chi connectivity index (χ2n) is 4.06. The van der Waals surface area contributed by atoms with Gasteiger partial charge in [-0.3, -0.25) is 4.79 Å². The molecule has 6 nitrogen and oxygen atoms in total. The van der Waals surface area contributed by atoms with Crippen molar-refractivity contribution in [1.82, 2.24) is 9.97 Å². The molecule has 0 saturated heterocycles. The zero-order chi connectivity index (χ0) is 13.9. The maximum atomic E-state index is 12.1. The standard InChI is InChI=1S/C13H11N5OS/c14-18-12-5-8(3-4-15-12)13(19)17-9-1-2-10-11(6-9)20-7-16-10/h1-7H,14H2,(H,15,18)(H,17,19). The molecule has 0 unspecified atom stereocenters. The van der Waals surface area contributed by atoms with Gasteiger partial charge in [0, 0.05) is 17.4 Å². The molecule has 1 aromatic carbocycles. The van der Waals surface area contributed by atoms with E-state index in [2.05, 4.69) is 20.7 Å². The molecule has 3 aromatic rings. The van der Waals surface area contributed by atoms with Crippen LogP contribution in [0, 0.1) is 0 Å². The molecule has 7 heteroatoms. The van der Waals surface area contributed by atoms with E-state index in [1.807, 2.05) is 18.2 Å². The van der Waals surface area contributed by atoms with Crippen LogP contribution in [0.3, 0.4) is 0 Å². The van der Waals surface area contributed by atoms with Crippen molar-refractivity contribution in [2.45, 2.75) is 0 Å². The summed E-state index contributed by atoms with van der Waals surface area (Å²) < 4.78 is 1.03. The van der Waals surface area contributed by atoms with Crippen LogP contribution >= 0.6 is 11.3 Å².